The van der Waals surface area contributed by atoms with Crippen molar-refractivity contribution in [3.8, 4) is 0 Å². The van der Waals surface area contributed by atoms with Crippen molar-refractivity contribution in [3.05, 3.63) is 0 Å². The first-order valence-corrected chi connectivity index (χ1v) is 23.3. The smallest absolute Gasteiger partial charge is 0.308 e. The Balaban J connectivity index is 0.843. The lowest BCUT2D eigenvalue weighted by Crippen LogP contribution is -2.56. The predicted octanol–water partition coefficient (Wildman–Crippen LogP) is 11.8. The highest BCUT2D eigenvalue weighted by Crippen LogP contribution is 2.70. The van der Waals surface area contributed by atoms with Crippen LogP contribution in [0.3, 0.4) is 0 Å². The van der Waals surface area contributed by atoms with E-state index in [9.17, 15) is 19.8 Å². The number of ether oxygens (including phenoxy) is 1. The van der Waals surface area contributed by atoms with Gasteiger partial charge in [-0.2, -0.15) is 0 Å². The van der Waals surface area contributed by atoms with Gasteiger partial charge in [-0.1, -0.05) is 54.4 Å². The van der Waals surface area contributed by atoms with Gasteiger partial charge in [0.2, 0.25) is 5.79 Å². The first-order valence-electron chi connectivity index (χ1n) is 23.3. The summed E-state index contributed by atoms with van der Waals surface area (Å²) in [6, 6.07) is 0. The number of carboxylic acid groups (broad SMARTS) is 1. The highest BCUT2D eigenvalue weighted by molar-refractivity contribution is 5.69. The molecule has 0 amide bonds. The van der Waals surface area contributed by atoms with Gasteiger partial charge in [0.1, 0.15) is 0 Å². The molecule has 0 aromatic heterocycles. The molecule has 300 valence electrons. The van der Waals surface area contributed by atoms with Crippen LogP contribution in [0.5, 0.6) is 0 Å². The molecule has 0 aromatic carbocycles. The summed E-state index contributed by atoms with van der Waals surface area (Å²) in [4.78, 5) is 24.9. The molecular weight excluding hydrogens is 657 g/mol. The molecule has 2 N–H and O–H groups in total. The van der Waals surface area contributed by atoms with Crippen molar-refractivity contribution in [2.24, 2.45) is 92.7 Å². The Morgan fingerprint density at radius 2 is 1.11 bits per heavy atom. The number of carbonyl (C=O) groups excluding carboxylic acids is 1. The summed E-state index contributed by atoms with van der Waals surface area (Å²) in [6.45, 7) is 15.1. The fourth-order valence-corrected chi connectivity index (χ4v) is 17.9. The first kappa shape index (κ1) is 38.8. The minimum Gasteiger partial charge on any atom is -0.481 e. The molecule has 8 rings (SSSR count). The first-order chi connectivity index (χ1) is 25.1. The number of carbonyl (C=O) groups is 2. The van der Waals surface area contributed by atoms with Gasteiger partial charge in [0.25, 0.3) is 0 Å². The molecule has 53 heavy (non-hydrogen) atoms. The summed E-state index contributed by atoms with van der Waals surface area (Å²) in [6.07, 6.45) is 26.3. The predicted molar refractivity (Wildman–Crippen MR) is 211 cm³/mol. The maximum atomic E-state index is 13.5. The van der Waals surface area contributed by atoms with Crippen LogP contribution in [0.15, 0.2) is 0 Å². The van der Waals surface area contributed by atoms with Crippen LogP contribution >= 0.6 is 0 Å². The number of fused-ring (bicyclic) bond motifs is 10. The van der Waals surface area contributed by atoms with Crippen molar-refractivity contribution in [2.75, 3.05) is 0 Å². The number of carboxylic acids is 1. The molecule has 0 aliphatic heterocycles. The number of hydrogen-bond acceptors (Lipinski definition) is 4. The van der Waals surface area contributed by atoms with Gasteiger partial charge in [-0.05, 0) is 202 Å². The van der Waals surface area contributed by atoms with Gasteiger partial charge in [0.05, 0.1) is 0 Å². The van der Waals surface area contributed by atoms with Crippen LogP contribution < -0.4 is 0 Å². The van der Waals surface area contributed by atoms with Crippen LogP contribution in [-0.4, -0.2) is 27.9 Å². The third kappa shape index (κ3) is 6.40. The van der Waals surface area contributed by atoms with E-state index in [1.165, 1.54) is 96.3 Å². The van der Waals surface area contributed by atoms with E-state index >= 15 is 0 Å². The van der Waals surface area contributed by atoms with Crippen molar-refractivity contribution in [2.45, 2.75) is 195 Å². The van der Waals surface area contributed by atoms with E-state index in [1.807, 2.05) is 0 Å². The van der Waals surface area contributed by atoms with Gasteiger partial charge in [-0.15, -0.1) is 0 Å². The fourth-order valence-electron chi connectivity index (χ4n) is 17.9. The topological polar surface area (TPSA) is 83.8 Å². The van der Waals surface area contributed by atoms with Gasteiger partial charge in [0, 0.05) is 25.7 Å². The van der Waals surface area contributed by atoms with Gasteiger partial charge in [0.15, 0.2) is 0 Å². The summed E-state index contributed by atoms with van der Waals surface area (Å²) < 4.78 is 6.13. The maximum Gasteiger partial charge on any atom is 0.308 e. The summed E-state index contributed by atoms with van der Waals surface area (Å²) in [5.41, 5.74) is 1.54. The summed E-state index contributed by atoms with van der Waals surface area (Å²) >= 11 is 0. The van der Waals surface area contributed by atoms with Gasteiger partial charge >= 0.3 is 11.9 Å². The zero-order chi connectivity index (χ0) is 37.6. The second-order valence-corrected chi connectivity index (χ2v) is 22.6. The molecule has 0 aromatic rings. The van der Waals surface area contributed by atoms with E-state index in [0.29, 0.717) is 71.0 Å². The summed E-state index contributed by atoms with van der Waals surface area (Å²) in [7, 11) is 0. The molecule has 0 spiro atoms. The van der Waals surface area contributed by atoms with Crippen molar-refractivity contribution >= 4 is 11.9 Å². The summed E-state index contributed by atoms with van der Waals surface area (Å²) in [5, 5.41) is 21.2. The Morgan fingerprint density at radius 3 is 1.70 bits per heavy atom. The number of aliphatic carboxylic acids is 1. The Labute approximate surface area is 323 Å². The minimum absolute atomic E-state index is 0.175. The quantitative estimate of drug-likeness (QED) is 0.182. The monoisotopic (exact) mass is 735 g/mol. The van der Waals surface area contributed by atoms with Crippen molar-refractivity contribution in [3.63, 3.8) is 0 Å². The van der Waals surface area contributed by atoms with E-state index in [1.54, 1.807) is 0 Å². The third-order valence-electron chi connectivity index (χ3n) is 20.7. The molecule has 8 fully saturated rings. The molecule has 8 aliphatic rings. The zero-order valence-corrected chi connectivity index (χ0v) is 34.8. The van der Waals surface area contributed by atoms with Crippen LogP contribution in [0.1, 0.15) is 189 Å². The van der Waals surface area contributed by atoms with Crippen molar-refractivity contribution in [1.82, 2.24) is 0 Å². The molecule has 5 unspecified atom stereocenters. The Morgan fingerprint density at radius 1 is 0.585 bits per heavy atom. The lowest BCUT2D eigenvalue weighted by Gasteiger charge is -2.62. The summed E-state index contributed by atoms with van der Waals surface area (Å²) in [5.74, 6) is 6.43. The lowest BCUT2D eigenvalue weighted by molar-refractivity contribution is -0.251. The average molecular weight is 735 g/mol. The molecule has 5 heteroatoms. The van der Waals surface area contributed by atoms with Gasteiger partial charge < -0.3 is 14.9 Å². The molecule has 5 nitrogen and oxygen atoms in total. The largest absolute Gasteiger partial charge is 0.481 e. The second kappa shape index (κ2) is 14.1. The van der Waals surface area contributed by atoms with Gasteiger partial charge in [-0.3, -0.25) is 9.59 Å². The third-order valence-corrected chi connectivity index (χ3v) is 20.7. The van der Waals surface area contributed by atoms with Gasteiger partial charge in [-0.25, -0.2) is 0 Å². The zero-order valence-electron chi connectivity index (χ0n) is 34.8. The van der Waals surface area contributed by atoms with Crippen LogP contribution in [0, 0.1) is 92.7 Å². The molecule has 17 atom stereocenters. The van der Waals surface area contributed by atoms with E-state index in [-0.39, 0.29) is 17.8 Å². The van der Waals surface area contributed by atoms with Crippen LogP contribution in [0.2, 0.25) is 0 Å². The molecule has 0 radical (unpaired) electrons. The maximum absolute atomic E-state index is 13.5. The van der Waals surface area contributed by atoms with E-state index in [0.717, 1.165) is 61.2 Å². The van der Waals surface area contributed by atoms with Crippen molar-refractivity contribution in [1.29, 1.82) is 0 Å². The average Bonchev–Trinajstić information content (AvgIpc) is 3.66. The molecular formula is C48H78O5. The van der Waals surface area contributed by atoms with Crippen molar-refractivity contribution < 1.29 is 24.5 Å². The normalized spacial score (nSPS) is 51.4. The minimum atomic E-state index is -1.31. The Bertz CT molecular complexity index is 1380. The Kier molecular flexibility index (Phi) is 10.3. The number of rotatable bonds is 9. The fraction of sp³-hybridized carbons (Fsp3) is 0.958. The highest BCUT2D eigenvalue weighted by Gasteiger charge is 2.63. The molecule has 0 heterocycles. The second-order valence-electron chi connectivity index (χ2n) is 22.6. The molecule has 8 aliphatic carbocycles. The highest BCUT2D eigenvalue weighted by atomic mass is 16.7. The molecule has 8 saturated carbocycles. The number of aliphatic hydroxyl groups is 1. The molecule has 0 saturated heterocycles. The number of esters is 1. The van der Waals surface area contributed by atoms with E-state index in [4.69, 9.17) is 4.74 Å². The Hall–Kier alpha value is -1.10. The molecule has 0 bridgehead atoms. The van der Waals surface area contributed by atoms with Crippen LogP contribution in [-0.2, 0) is 14.3 Å². The SMILES string of the molecule is C[C@H](CCC(=O)O)[C@H]1CC[C@H]2[C@@H]3CCC4C[C@](O)(OC(=O)CC[C@@H](C)[C@H]5CCC6C7CCC8CCCC[C@]8(C)C7CC[C@@]65C)CC[C@]4(C)[C@H]3CC[C@]12C. The number of hydrogen-bond donors (Lipinski definition) is 2. The van der Waals surface area contributed by atoms with E-state index < -0.39 is 11.8 Å². The van der Waals surface area contributed by atoms with Crippen LogP contribution in [0.25, 0.3) is 0 Å². The standard InChI is InChI=1S/C48H78O5/c1-30(10-20-42(49)50)36-16-18-39-35-15-13-33-29-48(52,28-27-45(33,4)41(35)23-26-46(36,39)5)53-43(51)21-11-31(2)37-17-19-38-34-14-12-32-9-7-8-24-44(32,3)40(34)22-25-47(37,38)6/h30-41,52H,7-29H2,1-6H3,(H,49,50)/t30-,31-,32?,33?,34?,35+,36-,37-,38?,39+,40?,41+,44+,45+,46-,47-,48-/m1/s1. The lowest BCUT2D eigenvalue weighted by atomic mass is 9.44. The van der Waals surface area contributed by atoms with Crippen LogP contribution in [0.4, 0.5) is 0 Å². The van der Waals surface area contributed by atoms with E-state index in [2.05, 4.69) is 41.5 Å².